The van der Waals surface area contributed by atoms with Crippen LogP contribution in [0.4, 0.5) is 0 Å². The van der Waals surface area contributed by atoms with E-state index in [1.54, 1.807) is 7.11 Å². The van der Waals surface area contributed by atoms with E-state index in [9.17, 15) is 4.79 Å². The third-order valence-electron chi connectivity index (χ3n) is 4.12. The van der Waals surface area contributed by atoms with E-state index in [1.807, 2.05) is 16.7 Å². The third kappa shape index (κ3) is 4.35. The minimum atomic E-state index is 0.169. The summed E-state index contributed by atoms with van der Waals surface area (Å²) >= 11 is 1.98. The topological polar surface area (TPSA) is 42.0 Å². The maximum absolute atomic E-state index is 12.5. The molecular formula is C14H26N2O3S. The van der Waals surface area contributed by atoms with Gasteiger partial charge >= 0.3 is 0 Å². The first-order valence-corrected chi connectivity index (χ1v) is 8.52. The zero-order valence-corrected chi connectivity index (χ0v) is 13.4. The summed E-state index contributed by atoms with van der Waals surface area (Å²) in [5.74, 6) is 2.60. The quantitative estimate of drug-likeness (QED) is 0.722. The second kappa shape index (κ2) is 8.22. The molecule has 0 saturated carbocycles. The number of amides is 1. The van der Waals surface area contributed by atoms with Gasteiger partial charge in [0, 0.05) is 32.1 Å². The van der Waals surface area contributed by atoms with Crippen molar-refractivity contribution in [1.82, 2.24) is 9.80 Å². The lowest BCUT2D eigenvalue weighted by Crippen LogP contribution is -2.52. The Hall–Kier alpha value is -0.300. The van der Waals surface area contributed by atoms with Crippen LogP contribution in [0, 0.1) is 0 Å². The molecule has 2 atom stereocenters. The molecule has 116 valence electrons. The summed E-state index contributed by atoms with van der Waals surface area (Å²) in [5.41, 5.74) is 0. The molecule has 1 amide bonds. The normalized spacial score (nSPS) is 27.2. The highest BCUT2D eigenvalue weighted by Crippen LogP contribution is 2.21. The summed E-state index contributed by atoms with van der Waals surface area (Å²) in [4.78, 5) is 16.7. The van der Waals surface area contributed by atoms with Gasteiger partial charge in [0.05, 0.1) is 25.8 Å². The van der Waals surface area contributed by atoms with Gasteiger partial charge in [0.15, 0.2) is 0 Å². The van der Waals surface area contributed by atoms with Crippen molar-refractivity contribution in [3.8, 4) is 0 Å². The Bertz CT molecular complexity index is 311. The molecule has 0 spiro atoms. The van der Waals surface area contributed by atoms with Crippen molar-refractivity contribution in [3.05, 3.63) is 0 Å². The molecule has 2 heterocycles. The smallest absolute Gasteiger partial charge is 0.237 e. The van der Waals surface area contributed by atoms with Crippen molar-refractivity contribution >= 4 is 17.7 Å². The Morgan fingerprint density at radius 3 is 3.10 bits per heavy atom. The summed E-state index contributed by atoms with van der Waals surface area (Å²) in [6.45, 7) is 3.19. The molecular weight excluding hydrogens is 276 g/mol. The number of hydrogen-bond acceptors (Lipinski definition) is 5. The van der Waals surface area contributed by atoms with Crippen LogP contribution in [0.25, 0.3) is 0 Å². The van der Waals surface area contributed by atoms with Crippen molar-refractivity contribution in [2.75, 3.05) is 58.6 Å². The Morgan fingerprint density at radius 1 is 1.55 bits per heavy atom. The van der Waals surface area contributed by atoms with E-state index in [0.29, 0.717) is 39.0 Å². The Kier molecular flexibility index (Phi) is 6.61. The number of nitrogens with zero attached hydrogens (tertiary/aromatic N) is 2. The third-order valence-corrected chi connectivity index (χ3v) is 5.26. The fraction of sp³-hybridized carbons (Fsp3) is 0.929. The number of methoxy groups -OCH3 is 1. The van der Waals surface area contributed by atoms with Gasteiger partial charge in [-0.25, -0.2) is 0 Å². The van der Waals surface area contributed by atoms with Crippen molar-refractivity contribution in [1.29, 1.82) is 0 Å². The number of hydrogen-bond donors (Lipinski definition) is 0. The number of carbonyl (C=O) groups is 1. The molecule has 0 aromatic heterocycles. The summed E-state index contributed by atoms with van der Waals surface area (Å²) in [5, 5.41) is 0. The summed E-state index contributed by atoms with van der Waals surface area (Å²) in [6.07, 6.45) is 2.05. The zero-order chi connectivity index (χ0) is 14.4. The molecule has 0 bridgehead atoms. The van der Waals surface area contributed by atoms with Gasteiger partial charge in [-0.1, -0.05) is 0 Å². The van der Waals surface area contributed by atoms with Crippen LogP contribution in [0.3, 0.4) is 0 Å². The number of thioether (sulfide) groups is 1. The first kappa shape index (κ1) is 16.1. The molecule has 0 unspecified atom stereocenters. The SMILES string of the molecule is COCC[C@@H]1COCCN1C(=O)CN(C)[C@H]1CCSC1. The number of likely N-dealkylation sites (N-methyl/N-ethyl adjacent to an activating group) is 1. The monoisotopic (exact) mass is 302 g/mol. The predicted molar refractivity (Wildman–Crippen MR) is 81.2 cm³/mol. The van der Waals surface area contributed by atoms with Gasteiger partial charge in [-0.2, -0.15) is 11.8 Å². The minimum Gasteiger partial charge on any atom is -0.385 e. The molecule has 5 nitrogen and oxygen atoms in total. The van der Waals surface area contributed by atoms with E-state index in [-0.39, 0.29) is 11.9 Å². The van der Waals surface area contributed by atoms with Crippen LogP contribution in [0.5, 0.6) is 0 Å². The fourth-order valence-electron chi connectivity index (χ4n) is 2.78. The zero-order valence-electron chi connectivity index (χ0n) is 12.5. The second-order valence-electron chi connectivity index (χ2n) is 5.53. The molecule has 20 heavy (non-hydrogen) atoms. The highest BCUT2D eigenvalue weighted by Gasteiger charge is 2.29. The van der Waals surface area contributed by atoms with Crippen LogP contribution in [-0.2, 0) is 14.3 Å². The molecule has 0 radical (unpaired) electrons. The lowest BCUT2D eigenvalue weighted by Gasteiger charge is -2.37. The maximum atomic E-state index is 12.5. The van der Waals surface area contributed by atoms with Crippen molar-refractivity contribution < 1.29 is 14.3 Å². The van der Waals surface area contributed by atoms with Crippen LogP contribution < -0.4 is 0 Å². The Labute approximate surface area is 126 Å². The Morgan fingerprint density at radius 2 is 2.40 bits per heavy atom. The van der Waals surface area contributed by atoms with E-state index in [4.69, 9.17) is 9.47 Å². The molecule has 2 saturated heterocycles. The van der Waals surface area contributed by atoms with Crippen LogP contribution in [0.15, 0.2) is 0 Å². The van der Waals surface area contributed by atoms with E-state index in [1.165, 1.54) is 12.2 Å². The van der Waals surface area contributed by atoms with Gasteiger partial charge in [0.2, 0.25) is 5.91 Å². The fourth-order valence-corrected chi connectivity index (χ4v) is 4.08. The first-order valence-electron chi connectivity index (χ1n) is 7.36. The lowest BCUT2D eigenvalue weighted by molar-refractivity contribution is -0.141. The standard InChI is InChI=1S/C14H26N2O3S/c1-15(13-4-8-20-11-13)9-14(17)16-5-7-19-10-12(16)3-6-18-2/h12-13H,3-11H2,1-2H3/t12-,13+/m1/s1. The van der Waals surface area contributed by atoms with Crippen LogP contribution in [-0.4, -0.2) is 86.4 Å². The number of morpholine rings is 1. The van der Waals surface area contributed by atoms with Gasteiger partial charge in [-0.15, -0.1) is 0 Å². The predicted octanol–water partition coefficient (Wildman–Crippen LogP) is 0.688. The van der Waals surface area contributed by atoms with Gasteiger partial charge in [0.1, 0.15) is 0 Å². The van der Waals surface area contributed by atoms with Crippen LogP contribution in [0.2, 0.25) is 0 Å². The van der Waals surface area contributed by atoms with Crippen molar-refractivity contribution in [2.24, 2.45) is 0 Å². The molecule has 0 aromatic carbocycles. The minimum absolute atomic E-state index is 0.169. The second-order valence-corrected chi connectivity index (χ2v) is 6.68. The first-order chi connectivity index (χ1) is 9.72. The Balaban J connectivity index is 1.84. The molecule has 2 aliphatic rings. The molecule has 2 fully saturated rings. The van der Waals surface area contributed by atoms with E-state index in [2.05, 4.69) is 11.9 Å². The highest BCUT2D eigenvalue weighted by molar-refractivity contribution is 7.99. The van der Waals surface area contributed by atoms with Crippen molar-refractivity contribution in [3.63, 3.8) is 0 Å². The van der Waals surface area contributed by atoms with Gasteiger partial charge in [0.25, 0.3) is 0 Å². The van der Waals surface area contributed by atoms with Gasteiger partial charge < -0.3 is 14.4 Å². The average Bonchev–Trinajstić information content (AvgIpc) is 2.99. The summed E-state index contributed by atoms with van der Waals surface area (Å²) in [7, 11) is 3.76. The van der Waals surface area contributed by atoms with Crippen molar-refractivity contribution in [2.45, 2.75) is 24.9 Å². The van der Waals surface area contributed by atoms with Gasteiger partial charge in [-0.05, 0) is 25.6 Å². The average molecular weight is 302 g/mol. The largest absolute Gasteiger partial charge is 0.385 e. The molecule has 6 heteroatoms. The van der Waals surface area contributed by atoms with Gasteiger partial charge in [-0.3, -0.25) is 9.69 Å². The number of carbonyl (C=O) groups excluding carboxylic acids is 1. The molecule has 0 aliphatic carbocycles. The molecule has 2 rings (SSSR count). The van der Waals surface area contributed by atoms with E-state index in [0.717, 1.165) is 12.2 Å². The molecule has 0 N–H and O–H groups in total. The lowest BCUT2D eigenvalue weighted by atomic mass is 10.1. The van der Waals surface area contributed by atoms with E-state index >= 15 is 0 Å². The molecule has 0 aromatic rings. The maximum Gasteiger partial charge on any atom is 0.237 e. The number of ether oxygens (including phenoxy) is 2. The van der Waals surface area contributed by atoms with E-state index < -0.39 is 0 Å². The molecule has 2 aliphatic heterocycles. The van der Waals surface area contributed by atoms with Crippen LogP contribution in [0.1, 0.15) is 12.8 Å². The summed E-state index contributed by atoms with van der Waals surface area (Å²) in [6, 6.07) is 0.727. The van der Waals surface area contributed by atoms with Crippen LogP contribution >= 0.6 is 11.8 Å². The number of rotatable bonds is 6. The highest BCUT2D eigenvalue weighted by atomic mass is 32.2. The summed E-state index contributed by atoms with van der Waals surface area (Å²) < 4.78 is 10.6.